The van der Waals surface area contributed by atoms with Gasteiger partial charge in [-0.3, -0.25) is 0 Å². The number of carboxylic acid groups (broad SMARTS) is 1. The molecule has 28 heavy (non-hydrogen) atoms. The molecule has 0 saturated heterocycles. The Morgan fingerprint density at radius 1 is 1.07 bits per heavy atom. The molecule has 10 heteroatoms. The second-order valence-corrected chi connectivity index (χ2v) is 7.10. The first kappa shape index (κ1) is 22.0. The van der Waals surface area contributed by atoms with Crippen LogP contribution in [0.15, 0.2) is 63.7 Å². The van der Waals surface area contributed by atoms with Crippen LogP contribution in [0.5, 0.6) is 5.75 Å². The van der Waals surface area contributed by atoms with Crippen LogP contribution in [0, 0.1) is 6.92 Å². The van der Waals surface area contributed by atoms with Crippen LogP contribution in [0.1, 0.15) is 15.9 Å². The van der Waals surface area contributed by atoms with E-state index in [1.165, 1.54) is 18.2 Å². The molecular weight excluding hydrogens is 395 g/mol. The second kappa shape index (κ2) is 8.38. The number of aromatic carboxylic acids is 1. The van der Waals surface area contributed by atoms with Crippen LogP contribution >= 0.6 is 0 Å². The zero-order valence-electron chi connectivity index (χ0n) is 14.9. The summed E-state index contributed by atoms with van der Waals surface area (Å²) in [7, 11) is -4.81. The number of hydrogen-bond acceptors (Lipinski definition) is 7. The van der Waals surface area contributed by atoms with Gasteiger partial charge in [-0.15, -0.1) is 5.11 Å². The second-order valence-electron chi connectivity index (χ2n) is 5.75. The molecule has 0 atom stereocenters. The number of fused-ring (bicyclic) bond motifs is 1. The maximum absolute atomic E-state index is 12.5. The van der Waals surface area contributed by atoms with Gasteiger partial charge in [0.15, 0.2) is 0 Å². The Labute approximate surface area is 182 Å². The van der Waals surface area contributed by atoms with E-state index in [1.54, 1.807) is 31.2 Å². The van der Waals surface area contributed by atoms with Crippen molar-refractivity contribution in [3.63, 3.8) is 0 Å². The third-order valence-corrected chi connectivity index (χ3v) is 4.71. The minimum absolute atomic E-state index is 0. The normalized spacial score (nSPS) is 11.5. The van der Waals surface area contributed by atoms with Crippen molar-refractivity contribution in [3.05, 3.63) is 59.7 Å². The topological polar surface area (TPSA) is 142 Å². The van der Waals surface area contributed by atoms with Crippen LogP contribution < -0.4 is 34.7 Å². The number of azo groups is 1. The van der Waals surface area contributed by atoms with Crippen molar-refractivity contribution in [2.45, 2.75) is 11.8 Å². The summed E-state index contributed by atoms with van der Waals surface area (Å²) in [5, 5.41) is 30.1. The van der Waals surface area contributed by atoms with Crippen molar-refractivity contribution in [1.29, 1.82) is 0 Å². The molecule has 0 bridgehead atoms. The molecule has 1 N–H and O–H groups in total. The number of aryl methyl sites for hydroxylation is 1. The monoisotopic (exact) mass is 407 g/mol. The summed E-state index contributed by atoms with van der Waals surface area (Å²) in [5.41, 5.74) is -0.436. The molecule has 3 aromatic rings. The smallest absolute Gasteiger partial charge is 0.870 e. The van der Waals surface area contributed by atoms with Crippen molar-refractivity contribution in [2.24, 2.45) is 10.2 Å². The van der Waals surface area contributed by atoms with E-state index in [0.717, 1.165) is 6.07 Å². The third kappa shape index (κ3) is 4.40. The molecule has 0 aliphatic carbocycles. The molecule has 0 heterocycles. The minimum atomic E-state index is -4.81. The van der Waals surface area contributed by atoms with Gasteiger partial charge in [0.25, 0.3) is 0 Å². The summed E-state index contributed by atoms with van der Waals surface area (Å²) in [6, 6.07) is 11.7. The molecule has 3 rings (SSSR count). The number of carbonyl (C=O) groups is 1. The first-order chi connectivity index (χ1) is 12.7. The molecule has 0 aromatic heterocycles. The molecular formula is C18H12N2NaO6S-. The molecule has 3 aromatic carbocycles. The van der Waals surface area contributed by atoms with Gasteiger partial charge in [-0.1, -0.05) is 36.1 Å². The quantitative estimate of drug-likeness (QED) is 0.373. The Balaban J connectivity index is 0.00000280. The van der Waals surface area contributed by atoms with Crippen LogP contribution in [0.25, 0.3) is 10.8 Å². The Kier molecular flexibility index (Phi) is 6.58. The van der Waals surface area contributed by atoms with Gasteiger partial charge in [0, 0.05) is 5.39 Å². The molecule has 0 unspecified atom stereocenters. The van der Waals surface area contributed by atoms with Gasteiger partial charge in [0.05, 0.1) is 16.1 Å². The average Bonchev–Trinajstić information content (AvgIpc) is 2.60. The molecule has 0 saturated carbocycles. The molecule has 0 amide bonds. The molecule has 0 aliphatic heterocycles. The van der Waals surface area contributed by atoms with E-state index in [4.69, 9.17) is 0 Å². The van der Waals surface area contributed by atoms with Crippen molar-refractivity contribution in [2.75, 3.05) is 0 Å². The zero-order valence-corrected chi connectivity index (χ0v) is 17.7. The van der Waals surface area contributed by atoms with Crippen molar-refractivity contribution >= 4 is 38.2 Å². The van der Waals surface area contributed by atoms with Crippen molar-refractivity contribution < 1.29 is 57.5 Å². The summed E-state index contributed by atoms with van der Waals surface area (Å²) in [6.45, 7) is 1.61. The van der Waals surface area contributed by atoms with Crippen molar-refractivity contribution in [1.82, 2.24) is 0 Å². The number of nitrogens with zero attached hydrogens (tertiary/aromatic N) is 2. The van der Waals surface area contributed by atoms with E-state index < -0.39 is 32.3 Å². The van der Waals surface area contributed by atoms with Gasteiger partial charge in [-0.25, -0.2) is 13.2 Å². The summed E-state index contributed by atoms with van der Waals surface area (Å²) >= 11 is 0. The fourth-order valence-corrected chi connectivity index (χ4v) is 3.27. The van der Waals surface area contributed by atoms with Gasteiger partial charge in [-0.2, -0.15) is 5.11 Å². The molecule has 0 spiro atoms. The van der Waals surface area contributed by atoms with Crippen LogP contribution in [-0.4, -0.2) is 24.0 Å². The predicted molar refractivity (Wildman–Crippen MR) is 93.7 cm³/mol. The maximum atomic E-state index is 12.5. The molecule has 0 fully saturated rings. The standard InChI is InChI=1S/C18H14N2O6S.Na/c1-10-6-7-14(15(8-10)27(24,25)26)19-20-16-12-5-3-2-4-11(12)9-13(17(16)21)18(22)23;/h2-9,21H,1H3,(H,22,23)(H,24,25,26);/q;+1/p-2. The summed E-state index contributed by atoms with van der Waals surface area (Å²) in [5.74, 6) is -2.27. The Hall–Kier alpha value is -2.30. The number of rotatable bonds is 4. The van der Waals surface area contributed by atoms with Gasteiger partial charge in [0.1, 0.15) is 15.8 Å². The van der Waals surface area contributed by atoms with Crippen molar-refractivity contribution in [3.8, 4) is 5.75 Å². The predicted octanol–water partition coefficient (Wildman–Crippen LogP) is 0.244. The van der Waals surface area contributed by atoms with E-state index in [9.17, 15) is 28.0 Å². The van der Waals surface area contributed by atoms with Gasteiger partial charge in [0.2, 0.25) is 0 Å². The molecule has 8 nitrogen and oxygen atoms in total. The zero-order chi connectivity index (χ0) is 19.8. The van der Waals surface area contributed by atoms with Crippen LogP contribution in [-0.2, 0) is 10.1 Å². The number of hydrogen-bond donors (Lipinski definition) is 1. The summed E-state index contributed by atoms with van der Waals surface area (Å²) in [4.78, 5) is 10.8. The fraction of sp³-hybridized carbons (Fsp3) is 0.0556. The van der Waals surface area contributed by atoms with E-state index in [2.05, 4.69) is 10.2 Å². The first-order valence-electron chi connectivity index (χ1n) is 7.63. The first-order valence-corrected chi connectivity index (χ1v) is 9.03. The van der Waals surface area contributed by atoms with Crippen LogP contribution in [0.4, 0.5) is 11.4 Å². The van der Waals surface area contributed by atoms with Gasteiger partial charge in [-0.05, 0) is 36.1 Å². The Bertz CT molecular complexity index is 1210. The number of carboxylic acids is 1. The summed E-state index contributed by atoms with van der Waals surface area (Å²) < 4.78 is 34.3. The molecule has 138 valence electrons. The van der Waals surface area contributed by atoms with Gasteiger partial charge >= 0.3 is 35.5 Å². The SMILES string of the molecule is Cc1ccc(N=Nc2c([O-])c(C(=O)O)cc3ccccc23)c(S(=O)(=O)[O-])c1.[Na+]. The molecule has 0 radical (unpaired) electrons. The van der Waals surface area contributed by atoms with E-state index in [-0.39, 0.29) is 40.9 Å². The van der Waals surface area contributed by atoms with Crippen LogP contribution in [0.2, 0.25) is 0 Å². The Morgan fingerprint density at radius 2 is 1.75 bits per heavy atom. The van der Waals surface area contributed by atoms with E-state index in [0.29, 0.717) is 16.3 Å². The third-order valence-electron chi connectivity index (χ3n) is 3.85. The minimum Gasteiger partial charge on any atom is -0.870 e. The number of benzene rings is 3. The van der Waals surface area contributed by atoms with Gasteiger partial charge < -0.3 is 14.8 Å². The fourth-order valence-electron chi connectivity index (χ4n) is 2.58. The maximum Gasteiger partial charge on any atom is 1.00 e. The largest absolute Gasteiger partial charge is 1.00 e. The average molecular weight is 407 g/mol. The van der Waals surface area contributed by atoms with Crippen LogP contribution in [0.3, 0.4) is 0 Å². The molecule has 0 aliphatic rings. The van der Waals surface area contributed by atoms with E-state index >= 15 is 0 Å². The Morgan fingerprint density at radius 3 is 2.39 bits per heavy atom. The summed E-state index contributed by atoms with van der Waals surface area (Å²) in [6.07, 6.45) is 0. The van der Waals surface area contributed by atoms with E-state index in [1.807, 2.05) is 0 Å².